The van der Waals surface area contributed by atoms with Gasteiger partial charge in [0.15, 0.2) is 23.2 Å². The van der Waals surface area contributed by atoms with E-state index in [0.29, 0.717) is 0 Å². The van der Waals surface area contributed by atoms with Gasteiger partial charge in [0.25, 0.3) is 0 Å². The molecule has 25 heavy (non-hydrogen) atoms. The van der Waals surface area contributed by atoms with Crippen molar-refractivity contribution >= 4 is 11.8 Å². The van der Waals surface area contributed by atoms with Gasteiger partial charge in [0.05, 0.1) is 0 Å². The fourth-order valence-corrected chi connectivity index (χ4v) is 3.01. The van der Waals surface area contributed by atoms with Crippen molar-refractivity contribution in [3.05, 3.63) is 11.5 Å². The van der Waals surface area contributed by atoms with Gasteiger partial charge in [0, 0.05) is 6.42 Å². The summed E-state index contributed by atoms with van der Waals surface area (Å²) in [4.78, 5) is 23.6. The van der Waals surface area contributed by atoms with Gasteiger partial charge in [0.2, 0.25) is 0 Å². The molecule has 1 rings (SSSR count). The van der Waals surface area contributed by atoms with E-state index in [-0.39, 0.29) is 47.5 Å². The first-order chi connectivity index (χ1) is 11.6. The Bertz CT molecular complexity index is 434. The third-order valence-electron chi connectivity index (χ3n) is 4.51. The molecule has 1 heterocycles. The third-order valence-corrected chi connectivity index (χ3v) is 4.51. The van der Waals surface area contributed by atoms with E-state index >= 15 is 0 Å². The average Bonchev–Trinajstić information content (AvgIpc) is 2.86. The fraction of sp³-hybridized carbons (Fsp3) is 0.789. The van der Waals surface area contributed by atoms with Gasteiger partial charge in [-0.1, -0.05) is 71.1 Å². The van der Waals surface area contributed by atoms with Crippen molar-refractivity contribution in [2.75, 3.05) is 6.61 Å². The normalized spacial score (nSPS) is 16.7. The van der Waals surface area contributed by atoms with Crippen LogP contribution in [-0.2, 0) is 14.3 Å². The van der Waals surface area contributed by atoms with E-state index in [0.717, 1.165) is 19.3 Å². The van der Waals surface area contributed by atoms with Crippen molar-refractivity contribution in [2.24, 2.45) is 5.92 Å². The van der Waals surface area contributed by atoms with E-state index < -0.39 is 24.3 Å². The number of Topliss-reactive ketones (excluding diaryl/α,β-unsaturated/α-hetero) is 1. The molecule has 0 radical (unpaired) electrons. The maximum absolute atomic E-state index is 12.0. The topological polar surface area (TPSA) is 83.8 Å². The summed E-state index contributed by atoms with van der Waals surface area (Å²) in [6.07, 6.45) is 13.4. The van der Waals surface area contributed by atoms with Crippen LogP contribution in [-0.4, -0.2) is 28.6 Å². The van der Waals surface area contributed by atoms with Gasteiger partial charge in [-0.05, 0) is 6.42 Å². The second-order valence-electron chi connectivity index (χ2n) is 6.57. The number of carbonyl (C=O) groups is 2. The zero-order valence-electron chi connectivity index (χ0n) is 15.9. The molecular weight excluding hydrogens is 331 g/mol. The molecule has 0 bridgehead atoms. The zero-order valence-corrected chi connectivity index (χ0v) is 17.9. The predicted octanol–water partition coefficient (Wildman–Crippen LogP) is 1.20. The molecule has 0 fully saturated rings. The Labute approximate surface area is 173 Å². The van der Waals surface area contributed by atoms with E-state index in [2.05, 4.69) is 11.7 Å². The number of cyclic esters (lactones) is 1. The molecule has 0 aromatic heterocycles. The maximum Gasteiger partial charge on any atom is 1.00 e. The Morgan fingerprint density at radius 3 is 1.88 bits per heavy atom. The summed E-state index contributed by atoms with van der Waals surface area (Å²) in [5.41, 5.74) is 0. The van der Waals surface area contributed by atoms with Crippen LogP contribution < -0.4 is 29.6 Å². The zero-order chi connectivity index (χ0) is 17.8. The summed E-state index contributed by atoms with van der Waals surface area (Å²) in [6, 6.07) is 0. The van der Waals surface area contributed by atoms with Crippen LogP contribution in [0.4, 0.5) is 0 Å². The molecule has 5 nitrogen and oxygen atoms in total. The van der Waals surface area contributed by atoms with Gasteiger partial charge >= 0.3 is 35.5 Å². The van der Waals surface area contributed by atoms with Crippen LogP contribution in [0.1, 0.15) is 84.0 Å². The Morgan fingerprint density at radius 1 is 0.960 bits per heavy atom. The van der Waals surface area contributed by atoms with E-state index in [1.807, 2.05) is 0 Å². The van der Waals surface area contributed by atoms with E-state index in [1.54, 1.807) is 0 Å². The molecule has 0 aromatic carbocycles. The largest absolute Gasteiger partial charge is 1.00 e. The molecule has 1 aliphatic heterocycles. The summed E-state index contributed by atoms with van der Waals surface area (Å²) in [5.74, 6) is -2.94. The van der Waals surface area contributed by atoms with Crippen molar-refractivity contribution in [1.29, 1.82) is 0 Å². The number of carbonyl (C=O) groups excluding carboxylic acids is 2. The Morgan fingerprint density at radius 2 is 1.44 bits per heavy atom. The summed E-state index contributed by atoms with van der Waals surface area (Å²) in [5, 5.41) is 18.6. The predicted molar refractivity (Wildman–Crippen MR) is 92.4 cm³/mol. The summed E-state index contributed by atoms with van der Waals surface area (Å²) >= 11 is 0. The number of aliphatic hydroxyl groups excluding tert-OH is 2. The minimum absolute atomic E-state index is 0. The second kappa shape index (κ2) is 14.8. The van der Waals surface area contributed by atoms with Crippen LogP contribution in [0.25, 0.3) is 0 Å². The van der Waals surface area contributed by atoms with E-state index in [4.69, 9.17) is 5.11 Å². The monoisotopic (exact) mass is 363 g/mol. The van der Waals surface area contributed by atoms with Crippen LogP contribution in [0.15, 0.2) is 11.5 Å². The minimum Gasteiger partial charge on any atom is -0.507 e. The third kappa shape index (κ3) is 9.23. The summed E-state index contributed by atoms with van der Waals surface area (Å²) < 4.78 is 4.68. The summed E-state index contributed by atoms with van der Waals surface area (Å²) in [6.45, 7) is 1.66. The molecule has 1 aliphatic rings. The number of ketones is 1. The number of ether oxygens (including phenoxy) is 1. The first kappa shape index (κ1) is 24.6. The smallest absolute Gasteiger partial charge is 0.507 e. The van der Waals surface area contributed by atoms with Crippen LogP contribution in [0.5, 0.6) is 0 Å². The minimum atomic E-state index is -1.23. The van der Waals surface area contributed by atoms with Crippen molar-refractivity contribution in [1.82, 2.24) is 0 Å². The number of rotatable bonds is 14. The van der Waals surface area contributed by atoms with Gasteiger partial charge < -0.3 is 14.9 Å². The number of unbranched alkanes of at least 4 members (excludes halogenated alkanes) is 10. The maximum atomic E-state index is 12.0. The van der Waals surface area contributed by atoms with Crippen LogP contribution in [0.2, 0.25) is 0 Å². The molecule has 1 atom stereocenters. The fourth-order valence-electron chi connectivity index (χ4n) is 3.01. The molecule has 0 spiro atoms. The number of hydrogen-bond donors (Lipinski definition) is 2. The van der Waals surface area contributed by atoms with Gasteiger partial charge in [0.1, 0.15) is 6.61 Å². The molecule has 138 valence electrons. The molecule has 0 saturated heterocycles. The van der Waals surface area contributed by atoms with Crippen molar-refractivity contribution in [3.8, 4) is 0 Å². The van der Waals surface area contributed by atoms with Crippen molar-refractivity contribution in [2.45, 2.75) is 84.0 Å². The Hall–Kier alpha value is -0.360. The molecule has 1 unspecified atom stereocenters. The number of aliphatic hydroxyl groups is 2. The Kier molecular flexibility index (Phi) is 14.6. The van der Waals surface area contributed by atoms with E-state index in [9.17, 15) is 14.7 Å². The van der Waals surface area contributed by atoms with Gasteiger partial charge in [-0.3, -0.25) is 9.59 Å². The van der Waals surface area contributed by atoms with Crippen LogP contribution in [0, 0.1) is 5.92 Å². The average molecular weight is 363 g/mol. The first-order valence-corrected chi connectivity index (χ1v) is 9.39. The second-order valence-corrected chi connectivity index (χ2v) is 6.57. The van der Waals surface area contributed by atoms with Crippen LogP contribution in [0.3, 0.4) is 0 Å². The standard InChI is InChI=1S/C19H32O5.Na/c1-2-3-4-5-6-7-8-9-10-11-12-13-15(21)17-18(22)16(14-20)24-19(17)23;/h17,20,22H,2-14H2,1H3;/q;+1. The molecule has 0 aliphatic carbocycles. The molecular formula is C19H32NaO5+. The quantitative estimate of drug-likeness (QED) is 0.210. The molecule has 0 saturated carbocycles. The Balaban J connectivity index is 0.00000576. The SMILES string of the molecule is CCCCCCCCCCCCCC(=O)C1C(=O)OC(CO)=C1O.[Na+]. The van der Waals surface area contributed by atoms with Crippen LogP contribution >= 0.6 is 0 Å². The molecule has 2 N–H and O–H groups in total. The molecule has 0 amide bonds. The number of esters is 1. The van der Waals surface area contributed by atoms with Crippen molar-refractivity contribution < 1.29 is 54.1 Å². The van der Waals surface area contributed by atoms with Gasteiger partial charge in [-0.15, -0.1) is 0 Å². The molecule has 0 aromatic rings. The van der Waals surface area contributed by atoms with Gasteiger partial charge in [-0.2, -0.15) is 0 Å². The number of hydrogen-bond acceptors (Lipinski definition) is 5. The first-order valence-electron chi connectivity index (χ1n) is 9.39. The molecule has 6 heteroatoms. The van der Waals surface area contributed by atoms with Crippen molar-refractivity contribution in [3.63, 3.8) is 0 Å². The summed E-state index contributed by atoms with van der Waals surface area (Å²) in [7, 11) is 0. The van der Waals surface area contributed by atoms with Gasteiger partial charge in [-0.25, -0.2) is 0 Å². The van der Waals surface area contributed by atoms with E-state index in [1.165, 1.54) is 51.4 Å².